The number of fused-ring (bicyclic) bond motifs is 1. The summed E-state index contributed by atoms with van der Waals surface area (Å²) in [5.74, 6) is -4.91. The van der Waals surface area contributed by atoms with Gasteiger partial charge in [0.15, 0.2) is 12.2 Å². The highest BCUT2D eigenvalue weighted by Gasteiger charge is 2.43. The molecule has 1 aliphatic carbocycles. The van der Waals surface area contributed by atoms with Crippen LogP contribution in [-0.4, -0.2) is 67.3 Å². The molecule has 1 aromatic heterocycles. The molecule has 0 bridgehead atoms. The Morgan fingerprint density at radius 1 is 0.861 bits per heavy atom. The van der Waals surface area contributed by atoms with Crippen LogP contribution in [-0.2, 0) is 60.5 Å². The first-order chi connectivity index (χ1) is 16.9. The Bertz CT molecular complexity index is 1030. The summed E-state index contributed by atoms with van der Waals surface area (Å²) >= 11 is 1.19. The van der Waals surface area contributed by atoms with Crippen LogP contribution in [0.1, 0.15) is 61.8 Å². The van der Waals surface area contributed by atoms with Crippen LogP contribution in [0, 0.1) is 0 Å². The maximum absolute atomic E-state index is 13.4. The van der Waals surface area contributed by atoms with Crippen LogP contribution in [0.2, 0.25) is 0 Å². The van der Waals surface area contributed by atoms with Gasteiger partial charge < -0.3 is 29.0 Å². The number of aryl methyl sites for hydroxylation is 1. The van der Waals surface area contributed by atoms with Gasteiger partial charge in [-0.1, -0.05) is 0 Å². The first kappa shape index (κ1) is 28.8. The van der Waals surface area contributed by atoms with Crippen molar-refractivity contribution >= 4 is 52.1 Å². The predicted octanol–water partition coefficient (Wildman–Crippen LogP) is 1.71. The minimum atomic E-state index is -1.82. The smallest absolute Gasteiger partial charge is 0.341 e. The quantitative estimate of drug-likeness (QED) is 0.329. The fourth-order valence-electron chi connectivity index (χ4n) is 3.68. The molecule has 36 heavy (non-hydrogen) atoms. The second-order valence-corrected chi connectivity index (χ2v) is 8.93. The molecule has 1 aliphatic rings. The molecule has 12 nitrogen and oxygen atoms in total. The maximum Gasteiger partial charge on any atom is 0.341 e. The number of anilines is 1. The van der Waals surface area contributed by atoms with E-state index in [0.29, 0.717) is 6.42 Å². The van der Waals surface area contributed by atoms with Crippen LogP contribution in [0.5, 0.6) is 0 Å². The van der Waals surface area contributed by atoms with Crippen molar-refractivity contribution < 1.29 is 52.5 Å². The van der Waals surface area contributed by atoms with Crippen LogP contribution in [0.3, 0.4) is 0 Å². The monoisotopic (exact) mass is 527 g/mol. The van der Waals surface area contributed by atoms with Gasteiger partial charge in [0, 0.05) is 32.6 Å². The number of rotatable bonds is 11. The highest BCUT2D eigenvalue weighted by molar-refractivity contribution is 7.17. The van der Waals surface area contributed by atoms with Crippen LogP contribution in [0.25, 0.3) is 0 Å². The number of ether oxygens (including phenoxy) is 5. The average Bonchev–Trinajstić information content (AvgIpc) is 3.33. The number of thiophene rings is 1. The van der Waals surface area contributed by atoms with Crippen molar-refractivity contribution in [2.24, 2.45) is 0 Å². The molecule has 198 valence electrons. The Morgan fingerprint density at radius 2 is 1.50 bits per heavy atom. The second-order valence-electron chi connectivity index (χ2n) is 7.83. The largest absolute Gasteiger partial charge is 0.462 e. The van der Waals surface area contributed by atoms with E-state index in [-0.39, 0.29) is 17.2 Å². The number of amides is 1. The molecule has 1 N–H and O–H groups in total. The Hall–Kier alpha value is -3.48. The highest BCUT2D eigenvalue weighted by atomic mass is 32.1. The summed E-state index contributed by atoms with van der Waals surface area (Å²) in [4.78, 5) is 73.7. The van der Waals surface area contributed by atoms with Gasteiger partial charge in [-0.05, 0) is 31.7 Å². The highest BCUT2D eigenvalue weighted by Crippen LogP contribution is 2.39. The molecule has 0 aromatic carbocycles. The van der Waals surface area contributed by atoms with Crippen LogP contribution in [0.15, 0.2) is 0 Å². The van der Waals surface area contributed by atoms with Crippen molar-refractivity contribution in [3.8, 4) is 0 Å². The normalized spacial score (nSPS) is 14.5. The number of hydrogen-bond acceptors (Lipinski definition) is 12. The standard InChI is InChI=1S/C23H29NO11S/c1-6-31-23(30)18-15-8-7-9-17(15)36-22(18)24-21(29)20(35-14(5)28)19(34-13(4)27)16(33-12(3)26)10-32-11(2)25/h16,19-20H,6-10H2,1-5H3,(H,24,29)/t16-,19+,20+/m0/s1. The van der Waals surface area contributed by atoms with E-state index in [4.69, 9.17) is 23.7 Å². The lowest BCUT2D eigenvalue weighted by Crippen LogP contribution is -2.52. The lowest BCUT2D eigenvalue weighted by Gasteiger charge is -2.30. The number of carbonyl (C=O) groups is 6. The molecule has 0 aliphatic heterocycles. The van der Waals surface area contributed by atoms with Crippen LogP contribution < -0.4 is 5.32 Å². The van der Waals surface area contributed by atoms with E-state index in [0.717, 1.165) is 51.0 Å². The summed E-state index contributed by atoms with van der Waals surface area (Å²) in [6.45, 7) is 5.43. The summed E-state index contributed by atoms with van der Waals surface area (Å²) in [5.41, 5.74) is 0.992. The van der Waals surface area contributed by atoms with E-state index >= 15 is 0 Å². The first-order valence-corrected chi connectivity index (χ1v) is 12.0. The Balaban J connectivity index is 2.46. The van der Waals surface area contributed by atoms with Crippen molar-refractivity contribution in [3.05, 3.63) is 16.0 Å². The molecule has 0 saturated heterocycles. The zero-order valence-corrected chi connectivity index (χ0v) is 21.5. The molecule has 0 fully saturated rings. The summed E-state index contributed by atoms with van der Waals surface area (Å²) in [6, 6.07) is 0. The molecule has 0 spiro atoms. The molecule has 0 unspecified atom stereocenters. The van der Waals surface area contributed by atoms with E-state index in [1.165, 1.54) is 11.3 Å². The molecule has 3 atom stereocenters. The molecule has 0 saturated carbocycles. The Morgan fingerprint density at radius 3 is 2.06 bits per heavy atom. The van der Waals surface area contributed by atoms with E-state index in [1.807, 2.05) is 0 Å². The fourth-order valence-corrected chi connectivity index (χ4v) is 4.96. The van der Waals surface area contributed by atoms with Gasteiger partial charge in [-0.25, -0.2) is 4.79 Å². The minimum Gasteiger partial charge on any atom is -0.462 e. The summed E-state index contributed by atoms with van der Waals surface area (Å²) in [7, 11) is 0. The van der Waals surface area contributed by atoms with Gasteiger partial charge in [-0.15, -0.1) is 11.3 Å². The second kappa shape index (κ2) is 13.0. The van der Waals surface area contributed by atoms with Gasteiger partial charge in [-0.2, -0.15) is 0 Å². The van der Waals surface area contributed by atoms with Gasteiger partial charge in [0.1, 0.15) is 11.6 Å². The topological polar surface area (TPSA) is 161 Å². The lowest BCUT2D eigenvalue weighted by molar-refractivity contribution is -0.190. The van der Waals surface area contributed by atoms with E-state index < -0.39 is 60.7 Å². The summed E-state index contributed by atoms with van der Waals surface area (Å²) in [6.07, 6.45) is -2.76. The van der Waals surface area contributed by atoms with Gasteiger partial charge in [0.2, 0.25) is 6.10 Å². The van der Waals surface area contributed by atoms with Crippen molar-refractivity contribution in [3.63, 3.8) is 0 Å². The van der Waals surface area contributed by atoms with E-state index in [1.54, 1.807) is 6.92 Å². The third-order valence-electron chi connectivity index (χ3n) is 4.92. The molecule has 0 radical (unpaired) electrons. The zero-order valence-electron chi connectivity index (χ0n) is 20.7. The molecule has 13 heteroatoms. The zero-order chi connectivity index (χ0) is 27.0. The van der Waals surface area contributed by atoms with Crippen molar-refractivity contribution in [1.82, 2.24) is 0 Å². The maximum atomic E-state index is 13.4. The minimum absolute atomic E-state index is 0.127. The first-order valence-electron chi connectivity index (χ1n) is 11.2. The van der Waals surface area contributed by atoms with Crippen LogP contribution >= 0.6 is 11.3 Å². The SMILES string of the molecule is CCOC(=O)c1c(NC(=O)[C@H](OC(C)=O)[C@H](OC(C)=O)[C@H](COC(C)=O)OC(C)=O)sc2c1CCC2. The predicted molar refractivity (Wildman–Crippen MR) is 124 cm³/mol. The average molecular weight is 528 g/mol. The third-order valence-corrected chi connectivity index (χ3v) is 6.13. The van der Waals surface area contributed by atoms with Gasteiger partial charge in [-0.3, -0.25) is 24.0 Å². The van der Waals surface area contributed by atoms with Gasteiger partial charge in [0.05, 0.1) is 12.2 Å². The van der Waals surface area contributed by atoms with Crippen molar-refractivity contribution in [2.45, 2.75) is 72.2 Å². The number of esters is 5. The molecular formula is C23H29NO11S. The molecular weight excluding hydrogens is 498 g/mol. The number of hydrogen-bond donors (Lipinski definition) is 1. The third kappa shape index (κ3) is 7.77. The Kier molecular flexibility index (Phi) is 10.4. The van der Waals surface area contributed by atoms with Gasteiger partial charge >= 0.3 is 29.8 Å². The number of carbonyl (C=O) groups excluding carboxylic acids is 6. The van der Waals surface area contributed by atoms with E-state index in [2.05, 4.69) is 5.32 Å². The molecule has 2 rings (SSSR count). The van der Waals surface area contributed by atoms with Crippen molar-refractivity contribution in [2.75, 3.05) is 18.5 Å². The Labute approximate surface area is 211 Å². The summed E-state index contributed by atoms with van der Waals surface area (Å²) < 4.78 is 25.6. The van der Waals surface area contributed by atoms with Crippen molar-refractivity contribution in [1.29, 1.82) is 0 Å². The number of nitrogens with one attached hydrogen (secondary N) is 1. The van der Waals surface area contributed by atoms with Gasteiger partial charge in [0.25, 0.3) is 5.91 Å². The molecule has 1 heterocycles. The molecule has 1 aromatic rings. The van der Waals surface area contributed by atoms with Crippen LogP contribution in [0.4, 0.5) is 5.00 Å². The lowest BCUT2D eigenvalue weighted by atomic mass is 10.1. The summed E-state index contributed by atoms with van der Waals surface area (Å²) in [5, 5.41) is 2.76. The fraction of sp³-hybridized carbons (Fsp3) is 0.565. The van der Waals surface area contributed by atoms with E-state index in [9.17, 15) is 28.8 Å². The molecule has 1 amide bonds.